The minimum absolute atomic E-state index is 0.0125. The predicted octanol–water partition coefficient (Wildman–Crippen LogP) is 3.78. The molecular formula is C53H87F3N10O11. The fourth-order valence-electron chi connectivity index (χ4n) is 10.8. The number of nitrogens with two attached hydrogens (primary N) is 2. The van der Waals surface area contributed by atoms with Gasteiger partial charge in [0.05, 0.1) is 30.2 Å². The minimum Gasteiger partial charge on any atom is -0.475 e. The number of alkyl halides is 3. The van der Waals surface area contributed by atoms with E-state index in [0.717, 1.165) is 35.6 Å². The molecule has 2 aromatic rings. The second-order valence-electron chi connectivity index (χ2n) is 20.6. The highest BCUT2D eigenvalue weighted by Gasteiger charge is 2.58. The number of hydrogen-bond donors (Lipinski definition) is 8. The Balaban J connectivity index is 0.00000270. The number of aromatic amines is 1. The molecule has 0 spiro atoms. The number of aliphatic carboxylic acids is 1. The fourth-order valence-corrected chi connectivity index (χ4v) is 10.8. The van der Waals surface area contributed by atoms with Gasteiger partial charge in [-0.05, 0) is 88.7 Å². The lowest BCUT2D eigenvalue weighted by Crippen LogP contribution is -2.75. The summed E-state index contributed by atoms with van der Waals surface area (Å²) in [5, 5.41) is 13.7. The molecule has 0 radical (unpaired) electrons. The summed E-state index contributed by atoms with van der Waals surface area (Å²) in [4.78, 5) is 112. The zero-order valence-corrected chi connectivity index (χ0v) is 46.8. The molecule has 2 heterocycles. The number of nitrogens with zero attached hydrogens (tertiary/aromatic N) is 3. The van der Waals surface area contributed by atoms with E-state index in [1.807, 2.05) is 81.9 Å². The Morgan fingerprint density at radius 3 is 1.99 bits per heavy atom. The van der Waals surface area contributed by atoms with Gasteiger partial charge in [-0.2, -0.15) is 13.2 Å². The van der Waals surface area contributed by atoms with Crippen molar-refractivity contribution >= 4 is 58.6 Å². The maximum Gasteiger partial charge on any atom is 0.490 e. The molecule has 0 aliphatic carbocycles. The van der Waals surface area contributed by atoms with Crippen LogP contribution in [-0.4, -0.2) is 169 Å². The van der Waals surface area contributed by atoms with Crippen LogP contribution in [-0.2, 0) is 54.3 Å². The SMILES string of the molecule is CC[C@H](C)[C@]([C@@H](CC=O)OC)(N(C)[C@H](C(=O)NC(=O)[C@H](C(C)C)N(C)CCCC(=O)NNC(=O)CCCCCN)C(C)C)N1CCC[C@H]1[C@H](OC)[C@@H](C)C(=O)N[C@@H](Cc1c[nH]c2ccccc12)C(N)=O.O=C(O)C(F)(F)F. The summed E-state index contributed by atoms with van der Waals surface area (Å²) in [5.41, 5.74) is 16.9. The molecule has 1 aliphatic heterocycles. The van der Waals surface area contributed by atoms with Gasteiger partial charge >= 0.3 is 12.1 Å². The average Bonchev–Trinajstić information content (AvgIpc) is 4.01. The summed E-state index contributed by atoms with van der Waals surface area (Å²) in [6.45, 7) is 14.9. The van der Waals surface area contributed by atoms with Crippen molar-refractivity contribution < 1.29 is 66.1 Å². The highest BCUT2D eigenvalue weighted by Crippen LogP contribution is 2.44. The van der Waals surface area contributed by atoms with Crippen LogP contribution >= 0.6 is 0 Å². The van der Waals surface area contributed by atoms with E-state index in [1.165, 1.54) is 0 Å². The highest BCUT2D eigenvalue weighted by atomic mass is 19.4. The van der Waals surface area contributed by atoms with E-state index in [0.29, 0.717) is 51.7 Å². The maximum atomic E-state index is 14.8. The number of halogens is 3. The molecule has 1 aliphatic rings. The Hall–Kier alpha value is -5.53. The number of aromatic nitrogens is 1. The summed E-state index contributed by atoms with van der Waals surface area (Å²) in [7, 11) is 6.72. The Morgan fingerprint density at radius 1 is 0.883 bits per heavy atom. The molecule has 0 saturated carbocycles. The smallest absolute Gasteiger partial charge is 0.475 e. The van der Waals surface area contributed by atoms with Crippen LogP contribution in [0.4, 0.5) is 13.2 Å². The van der Waals surface area contributed by atoms with Gasteiger partial charge in [0.15, 0.2) is 0 Å². The molecular weight excluding hydrogens is 1010 g/mol. The van der Waals surface area contributed by atoms with Crippen molar-refractivity contribution in [2.75, 3.05) is 47.9 Å². The number of nitrogens with one attached hydrogen (secondary N) is 5. The van der Waals surface area contributed by atoms with Gasteiger partial charge in [0, 0.05) is 69.6 Å². The fraction of sp³-hybridized carbons (Fsp3) is 0.698. The number of ether oxygens (including phenoxy) is 2. The lowest BCUT2D eigenvalue weighted by atomic mass is 9.78. The zero-order valence-electron chi connectivity index (χ0n) is 46.8. The van der Waals surface area contributed by atoms with Crippen LogP contribution in [0.2, 0.25) is 0 Å². The summed E-state index contributed by atoms with van der Waals surface area (Å²) < 4.78 is 44.3. The quantitative estimate of drug-likeness (QED) is 0.0303. The van der Waals surface area contributed by atoms with Crippen LogP contribution in [0.15, 0.2) is 30.5 Å². The molecule has 0 bridgehead atoms. The van der Waals surface area contributed by atoms with Gasteiger partial charge in [-0.3, -0.25) is 59.6 Å². The number of primary amides is 1. The molecule has 3 rings (SSSR count). The number of methoxy groups -OCH3 is 2. The van der Waals surface area contributed by atoms with Gasteiger partial charge < -0.3 is 41.1 Å². The van der Waals surface area contributed by atoms with E-state index in [2.05, 4.69) is 38.3 Å². The van der Waals surface area contributed by atoms with Crippen molar-refractivity contribution in [1.29, 1.82) is 0 Å². The van der Waals surface area contributed by atoms with Crippen LogP contribution in [0.1, 0.15) is 118 Å². The van der Waals surface area contributed by atoms with Gasteiger partial charge in [0.25, 0.3) is 0 Å². The van der Waals surface area contributed by atoms with Crippen molar-refractivity contribution in [3.05, 3.63) is 36.0 Å². The second-order valence-corrected chi connectivity index (χ2v) is 20.6. The average molecular weight is 1100 g/mol. The van der Waals surface area contributed by atoms with E-state index in [9.17, 15) is 46.7 Å². The molecule has 10 N–H and O–H groups in total. The number of imide groups is 1. The number of likely N-dealkylation sites (tertiary alicyclic amines) is 1. The Kier molecular flexibility index (Phi) is 28.4. The number of aldehydes is 1. The Labute approximate surface area is 451 Å². The van der Waals surface area contributed by atoms with Gasteiger partial charge in [-0.1, -0.05) is 79.5 Å². The number of hydrazine groups is 1. The predicted molar refractivity (Wildman–Crippen MR) is 284 cm³/mol. The number of fused-ring (bicyclic) bond motifs is 1. The number of carboxylic acids is 1. The standard InChI is InChI=1S/C51H86N10O9.C2HF3O2/c1-12-34(6)51(41(69-10)25-29-62,61-28-18-22-40(61)46(70-11)35(7)48(66)55-39(47(53)65)30-36-31-54-38-21-16-15-20-37(36)38)60(9)45(33(4)5)50(68)56-49(67)44(32(2)3)59(8)27-19-24-43(64)58-57-42(63)23-14-13-17-26-52;3-2(4,5)1(6)7/h15-16,20-21,29,31-35,39-41,44-46,54H,12-14,17-19,22-28,30,52H2,1-11H3,(H2,53,65)(H,55,66)(H,57,63)(H,58,64)(H,56,67,68);(H,6,7)/t34-,35+,39-,40-,41+,44-,45-,46+,51-;/m0./s1. The molecule has 24 heteroatoms. The number of hydrogen-bond acceptors (Lipinski definition) is 14. The minimum atomic E-state index is -5.08. The van der Waals surface area contributed by atoms with Crippen LogP contribution in [0.3, 0.4) is 0 Å². The first kappa shape index (κ1) is 67.6. The first-order chi connectivity index (χ1) is 36.2. The van der Waals surface area contributed by atoms with Gasteiger partial charge in [-0.25, -0.2) is 4.79 Å². The highest BCUT2D eigenvalue weighted by molar-refractivity contribution is 6.00. The van der Waals surface area contributed by atoms with E-state index in [-0.39, 0.29) is 55.3 Å². The second kappa shape index (κ2) is 32.4. The molecule has 1 saturated heterocycles. The number of amides is 6. The van der Waals surface area contributed by atoms with E-state index < -0.39 is 83.7 Å². The third-order valence-electron chi connectivity index (χ3n) is 14.6. The van der Waals surface area contributed by atoms with Gasteiger partial charge in [0.2, 0.25) is 35.4 Å². The van der Waals surface area contributed by atoms with Crippen LogP contribution in [0.25, 0.3) is 10.9 Å². The molecule has 21 nitrogen and oxygen atoms in total. The molecule has 6 amide bonds. The molecule has 77 heavy (non-hydrogen) atoms. The molecule has 0 unspecified atom stereocenters. The summed E-state index contributed by atoms with van der Waals surface area (Å²) in [5.74, 6) is -7.08. The van der Waals surface area contributed by atoms with Crippen molar-refractivity contribution in [2.24, 2.45) is 35.1 Å². The zero-order chi connectivity index (χ0) is 58.4. The number of carboxylic acid groups (broad SMARTS) is 1. The number of H-pyrrole nitrogens is 1. The van der Waals surface area contributed by atoms with Crippen molar-refractivity contribution in [2.45, 2.75) is 167 Å². The normalized spacial score (nSPS) is 17.6. The molecule has 436 valence electrons. The molecule has 1 aromatic heterocycles. The van der Waals surface area contributed by atoms with Gasteiger partial charge in [0.1, 0.15) is 18.0 Å². The monoisotopic (exact) mass is 1100 g/mol. The van der Waals surface area contributed by atoms with E-state index >= 15 is 0 Å². The van der Waals surface area contributed by atoms with E-state index in [1.54, 1.807) is 28.2 Å². The molecule has 9 atom stereocenters. The summed E-state index contributed by atoms with van der Waals surface area (Å²) in [6, 6.07) is 4.62. The van der Waals surface area contributed by atoms with Crippen molar-refractivity contribution in [3.8, 4) is 0 Å². The van der Waals surface area contributed by atoms with Crippen LogP contribution < -0.4 is 33.0 Å². The molecule has 1 fully saturated rings. The number of para-hydroxylation sites is 1. The third kappa shape index (κ3) is 18.8. The molecule has 1 aromatic carbocycles. The van der Waals surface area contributed by atoms with Crippen LogP contribution in [0.5, 0.6) is 0 Å². The summed E-state index contributed by atoms with van der Waals surface area (Å²) >= 11 is 0. The number of rotatable bonds is 31. The number of carbonyl (C=O) groups excluding carboxylic acids is 7. The van der Waals surface area contributed by atoms with Gasteiger partial charge in [-0.15, -0.1) is 0 Å². The lowest BCUT2D eigenvalue weighted by molar-refractivity contribution is -0.203. The maximum absolute atomic E-state index is 14.8. The Bertz CT molecular complexity index is 2230. The van der Waals surface area contributed by atoms with E-state index in [4.69, 9.17) is 30.8 Å². The van der Waals surface area contributed by atoms with Crippen molar-refractivity contribution in [3.63, 3.8) is 0 Å². The number of carbonyl (C=O) groups is 8. The first-order valence-electron chi connectivity index (χ1n) is 26.5. The number of benzene rings is 1. The third-order valence-corrected chi connectivity index (χ3v) is 14.6. The van der Waals surface area contributed by atoms with Crippen molar-refractivity contribution in [1.82, 2.24) is 41.2 Å². The largest absolute Gasteiger partial charge is 0.490 e. The topological polar surface area (TPSA) is 301 Å². The Morgan fingerprint density at radius 2 is 1.47 bits per heavy atom. The van der Waals surface area contributed by atoms with Crippen LogP contribution in [0, 0.1) is 23.7 Å². The summed E-state index contributed by atoms with van der Waals surface area (Å²) in [6.07, 6.45) is 1.27. The number of unbranched alkanes of at least 4 members (excludes halogenated alkanes) is 2. The lowest BCUT2D eigenvalue weighted by Gasteiger charge is -2.59. The number of likely N-dealkylation sites (N-methyl/N-ethyl adjacent to an activating group) is 2. The first-order valence-corrected chi connectivity index (χ1v) is 26.5.